The topological polar surface area (TPSA) is 80.4 Å². The molecule has 0 spiro atoms. The summed E-state index contributed by atoms with van der Waals surface area (Å²) in [5.74, 6) is 0.880. The van der Waals surface area contributed by atoms with Crippen LogP contribution in [0.2, 0.25) is 0 Å². The fourth-order valence-corrected chi connectivity index (χ4v) is 2.93. The highest BCUT2D eigenvalue weighted by Gasteiger charge is 2.31. The third kappa shape index (κ3) is 2.77. The lowest BCUT2D eigenvalue weighted by molar-refractivity contribution is 0.229. The molecule has 110 valence electrons. The lowest BCUT2D eigenvalue weighted by Gasteiger charge is -2.37. The minimum absolute atomic E-state index is 0.231. The fraction of sp³-hybridized carbons (Fsp3) is 0.769. The third-order valence-corrected chi connectivity index (χ3v) is 3.93. The molecular formula is C13H22N6O. The summed E-state index contributed by atoms with van der Waals surface area (Å²) in [6.45, 7) is 6.85. The number of ether oxygens (including phenoxy) is 1. The van der Waals surface area contributed by atoms with Gasteiger partial charge in [-0.25, -0.2) is 0 Å². The first-order valence-electron chi connectivity index (χ1n) is 7.39. The predicted octanol–water partition coefficient (Wildman–Crippen LogP) is 0.527. The molecule has 3 rings (SSSR count). The van der Waals surface area contributed by atoms with Crippen LogP contribution in [0.3, 0.4) is 0 Å². The number of rotatable bonds is 4. The van der Waals surface area contributed by atoms with Crippen LogP contribution < -0.4 is 15.4 Å². The number of nitrogen functional groups attached to an aromatic ring is 1. The number of aromatic nitrogens is 3. The van der Waals surface area contributed by atoms with Gasteiger partial charge in [-0.05, 0) is 25.8 Å². The SMILES string of the molecule is CCCOc1nc(N)nc(N2CCN3CCCC3C2)n1. The summed E-state index contributed by atoms with van der Waals surface area (Å²) in [5, 5.41) is 0. The molecule has 2 aliphatic heterocycles. The molecule has 7 nitrogen and oxygen atoms in total. The van der Waals surface area contributed by atoms with Crippen molar-refractivity contribution < 1.29 is 4.74 Å². The fourth-order valence-electron chi connectivity index (χ4n) is 2.93. The van der Waals surface area contributed by atoms with E-state index in [1.165, 1.54) is 19.4 Å². The van der Waals surface area contributed by atoms with Gasteiger partial charge in [-0.2, -0.15) is 15.0 Å². The van der Waals surface area contributed by atoms with E-state index in [-0.39, 0.29) is 5.95 Å². The maximum atomic E-state index is 5.77. The molecule has 20 heavy (non-hydrogen) atoms. The molecule has 1 unspecified atom stereocenters. The lowest BCUT2D eigenvalue weighted by Crippen LogP contribution is -2.50. The average Bonchev–Trinajstić information content (AvgIpc) is 2.92. The molecule has 0 aliphatic carbocycles. The Morgan fingerprint density at radius 3 is 3.00 bits per heavy atom. The van der Waals surface area contributed by atoms with Crippen molar-refractivity contribution >= 4 is 11.9 Å². The standard InChI is InChI=1S/C13H22N6O/c1-2-8-20-13-16-11(14)15-12(17-13)19-7-6-18-5-3-4-10(18)9-19/h10H,2-9H2,1H3,(H2,14,15,16,17). The molecule has 1 atom stereocenters. The van der Waals surface area contributed by atoms with Crippen LogP contribution in [-0.4, -0.2) is 58.7 Å². The Morgan fingerprint density at radius 1 is 1.25 bits per heavy atom. The van der Waals surface area contributed by atoms with Gasteiger partial charge in [0.25, 0.3) is 0 Å². The van der Waals surface area contributed by atoms with Gasteiger partial charge >= 0.3 is 6.01 Å². The van der Waals surface area contributed by atoms with Crippen molar-refractivity contribution in [2.24, 2.45) is 0 Å². The van der Waals surface area contributed by atoms with Crippen molar-refractivity contribution in [2.75, 3.05) is 43.4 Å². The molecule has 1 aromatic heterocycles. The molecule has 0 amide bonds. The number of nitrogens with two attached hydrogens (primary N) is 1. The van der Waals surface area contributed by atoms with Crippen molar-refractivity contribution in [3.05, 3.63) is 0 Å². The molecule has 0 aromatic carbocycles. The molecule has 3 heterocycles. The molecule has 7 heteroatoms. The van der Waals surface area contributed by atoms with Crippen LogP contribution >= 0.6 is 0 Å². The number of hydrogen-bond donors (Lipinski definition) is 1. The molecule has 2 fully saturated rings. The van der Waals surface area contributed by atoms with E-state index >= 15 is 0 Å². The van der Waals surface area contributed by atoms with Gasteiger partial charge in [0.05, 0.1) is 6.61 Å². The molecule has 0 radical (unpaired) electrons. The van der Waals surface area contributed by atoms with Gasteiger partial charge in [-0.1, -0.05) is 6.92 Å². The summed E-state index contributed by atoms with van der Waals surface area (Å²) >= 11 is 0. The first-order valence-corrected chi connectivity index (χ1v) is 7.39. The molecule has 2 N–H and O–H groups in total. The third-order valence-electron chi connectivity index (χ3n) is 3.93. The Bertz CT molecular complexity index is 468. The summed E-state index contributed by atoms with van der Waals surface area (Å²) in [6, 6.07) is 0.963. The minimum atomic E-state index is 0.231. The Balaban J connectivity index is 1.74. The zero-order valence-electron chi connectivity index (χ0n) is 12.0. The maximum absolute atomic E-state index is 5.77. The smallest absolute Gasteiger partial charge is 0.323 e. The van der Waals surface area contributed by atoms with E-state index in [9.17, 15) is 0 Å². The highest BCUT2D eigenvalue weighted by Crippen LogP contribution is 2.24. The van der Waals surface area contributed by atoms with E-state index in [2.05, 4.69) is 24.8 Å². The molecule has 1 aromatic rings. The van der Waals surface area contributed by atoms with Crippen molar-refractivity contribution in [3.8, 4) is 6.01 Å². The van der Waals surface area contributed by atoms with Gasteiger partial charge in [0.1, 0.15) is 0 Å². The average molecular weight is 278 g/mol. The first-order chi connectivity index (χ1) is 9.76. The minimum Gasteiger partial charge on any atom is -0.463 e. The van der Waals surface area contributed by atoms with Gasteiger partial charge in [0, 0.05) is 25.7 Å². The Morgan fingerprint density at radius 2 is 2.15 bits per heavy atom. The monoisotopic (exact) mass is 278 g/mol. The van der Waals surface area contributed by atoms with Crippen LogP contribution in [0.4, 0.5) is 11.9 Å². The van der Waals surface area contributed by atoms with Gasteiger partial charge in [0.15, 0.2) is 0 Å². The van der Waals surface area contributed by atoms with Crippen LogP contribution in [0.1, 0.15) is 26.2 Å². The summed E-state index contributed by atoms with van der Waals surface area (Å²) in [7, 11) is 0. The summed E-state index contributed by atoms with van der Waals surface area (Å²) in [6.07, 6.45) is 3.47. The van der Waals surface area contributed by atoms with Crippen molar-refractivity contribution in [2.45, 2.75) is 32.2 Å². The second kappa shape index (κ2) is 5.78. The van der Waals surface area contributed by atoms with Gasteiger partial charge < -0.3 is 15.4 Å². The predicted molar refractivity (Wildman–Crippen MR) is 76.8 cm³/mol. The van der Waals surface area contributed by atoms with E-state index in [1.807, 2.05) is 6.92 Å². The van der Waals surface area contributed by atoms with Crippen molar-refractivity contribution in [1.29, 1.82) is 0 Å². The lowest BCUT2D eigenvalue weighted by atomic mass is 10.2. The highest BCUT2D eigenvalue weighted by atomic mass is 16.5. The van der Waals surface area contributed by atoms with Crippen LogP contribution in [-0.2, 0) is 0 Å². The van der Waals surface area contributed by atoms with Gasteiger partial charge in [0.2, 0.25) is 11.9 Å². The van der Waals surface area contributed by atoms with Crippen LogP contribution in [0.15, 0.2) is 0 Å². The molecule has 0 bridgehead atoms. The number of anilines is 2. The van der Waals surface area contributed by atoms with Gasteiger partial charge in [-0.3, -0.25) is 4.90 Å². The Hall–Kier alpha value is -1.63. The Kier molecular flexibility index (Phi) is 3.86. The van der Waals surface area contributed by atoms with Crippen molar-refractivity contribution in [3.63, 3.8) is 0 Å². The van der Waals surface area contributed by atoms with E-state index in [0.29, 0.717) is 24.6 Å². The zero-order chi connectivity index (χ0) is 13.9. The summed E-state index contributed by atoms with van der Waals surface area (Å²) < 4.78 is 5.47. The second-order valence-electron chi connectivity index (χ2n) is 5.40. The van der Waals surface area contributed by atoms with Gasteiger partial charge in [-0.15, -0.1) is 0 Å². The molecular weight excluding hydrogens is 256 g/mol. The van der Waals surface area contributed by atoms with E-state index in [1.54, 1.807) is 0 Å². The van der Waals surface area contributed by atoms with Crippen molar-refractivity contribution in [1.82, 2.24) is 19.9 Å². The maximum Gasteiger partial charge on any atom is 0.323 e. The first kappa shape index (κ1) is 13.4. The second-order valence-corrected chi connectivity index (χ2v) is 5.40. The summed E-state index contributed by atoms with van der Waals surface area (Å²) in [4.78, 5) is 17.4. The number of hydrogen-bond acceptors (Lipinski definition) is 7. The van der Waals surface area contributed by atoms with E-state index in [4.69, 9.17) is 10.5 Å². The molecule has 2 aliphatic rings. The quantitative estimate of drug-likeness (QED) is 0.860. The molecule has 0 saturated carbocycles. The van der Waals surface area contributed by atoms with Crippen LogP contribution in [0, 0.1) is 0 Å². The zero-order valence-corrected chi connectivity index (χ0v) is 12.0. The number of fused-ring (bicyclic) bond motifs is 1. The molecule has 2 saturated heterocycles. The van der Waals surface area contributed by atoms with Crippen LogP contribution in [0.5, 0.6) is 6.01 Å². The normalized spacial score (nSPS) is 22.9. The highest BCUT2D eigenvalue weighted by molar-refractivity contribution is 5.37. The van der Waals surface area contributed by atoms with E-state index < -0.39 is 0 Å². The largest absolute Gasteiger partial charge is 0.463 e. The van der Waals surface area contributed by atoms with Crippen LogP contribution in [0.25, 0.3) is 0 Å². The number of piperazine rings is 1. The van der Waals surface area contributed by atoms with E-state index in [0.717, 1.165) is 26.1 Å². The Labute approximate surface area is 119 Å². The summed E-state index contributed by atoms with van der Waals surface area (Å²) in [5.41, 5.74) is 5.77. The number of nitrogens with zero attached hydrogens (tertiary/aromatic N) is 5.